The van der Waals surface area contributed by atoms with Gasteiger partial charge < -0.3 is 25.0 Å². The summed E-state index contributed by atoms with van der Waals surface area (Å²) >= 11 is 0. The van der Waals surface area contributed by atoms with Crippen LogP contribution >= 0.6 is 0 Å². The third kappa shape index (κ3) is 7.70. The van der Waals surface area contributed by atoms with Gasteiger partial charge in [-0.15, -0.1) is 0 Å². The van der Waals surface area contributed by atoms with Crippen LogP contribution in [-0.2, 0) is 30.7 Å². The van der Waals surface area contributed by atoms with E-state index in [0.717, 1.165) is 47.3 Å². The molecule has 0 aliphatic carbocycles. The van der Waals surface area contributed by atoms with Gasteiger partial charge in [0.05, 0.1) is 25.7 Å². The standard InChI is InChI=1S/C32H39N3O3/c1-3-4-16-35-17-15-27-14-13-25(20-30(27)35)21-32(37)34-29(19-24-9-6-5-7-10-24)31(36)23-33-22-26-11-8-12-28(18-26)38-2/h5-15,17-18,20,29,31,33,36H,3-4,16,19,21-23H2,1-2H3,(H,34,37)/t29-,31+/m0/s1. The number of ether oxygens (including phenoxy) is 1. The minimum Gasteiger partial charge on any atom is -0.497 e. The summed E-state index contributed by atoms with van der Waals surface area (Å²) in [7, 11) is 1.65. The topological polar surface area (TPSA) is 75.5 Å². The highest BCUT2D eigenvalue weighted by Gasteiger charge is 2.22. The molecule has 1 aromatic heterocycles. The van der Waals surface area contributed by atoms with Gasteiger partial charge in [-0.05, 0) is 59.2 Å². The number of aromatic nitrogens is 1. The lowest BCUT2D eigenvalue weighted by atomic mass is 10.00. The van der Waals surface area contributed by atoms with E-state index in [9.17, 15) is 9.90 Å². The van der Waals surface area contributed by atoms with E-state index in [0.29, 0.717) is 19.5 Å². The first-order valence-electron chi connectivity index (χ1n) is 13.5. The molecule has 6 nitrogen and oxygen atoms in total. The molecule has 3 N–H and O–H groups in total. The molecule has 4 aromatic rings. The number of carbonyl (C=O) groups excluding carboxylic acids is 1. The zero-order chi connectivity index (χ0) is 26.7. The van der Waals surface area contributed by atoms with Gasteiger partial charge in [0, 0.05) is 31.3 Å². The Labute approximate surface area is 225 Å². The molecule has 0 fully saturated rings. The summed E-state index contributed by atoms with van der Waals surface area (Å²) in [4.78, 5) is 13.2. The highest BCUT2D eigenvalue weighted by Crippen LogP contribution is 2.19. The number of unbranched alkanes of at least 4 members (excludes halogenated alkanes) is 1. The average Bonchev–Trinajstić information content (AvgIpc) is 3.34. The fraction of sp³-hybridized carbons (Fsp3) is 0.344. The van der Waals surface area contributed by atoms with Gasteiger partial charge in [0.25, 0.3) is 0 Å². The summed E-state index contributed by atoms with van der Waals surface area (Å²) in [5, 5.41) is 18.7. The van der Waals surface area contributed by atoms with Crippen LogP contribution in [0.25, 0.3) is 10.9 Å². The first kappa shape index (κ1) is 27.4. The van der Waals surface area contributed by atoms with Crippen LogP contribution < -0.4 is 15.4 Å². The van der Waals surface area contributed by atoms with E-state index in [1.807, 2.05) is 60.7 Å². The van der Waals surface area contributed by atoms with Crippen LogP contribution in [0, 0.1) is 0 Å². The van der Waals surface area contributed by atoms with Crippen LogP contribution in [-0.4, -0.2) is 41.4 Å². The predicted molar refractivity (Wildman–Crippen MR) is 153 cm³/mol. The minimum absolute atomic E-state index is 0.0937. The van der Waals surface area contributed by atoms with Crippen LogP contribution in [0.15, 0.2) is 85.1 Å². The summed E-state index contributed by atoms with van der Waals surface area (Å²) in [5.74, 6) is 0.707. The van der Waals surface area contributed by atoms with Gasteiger partial charge in [-0.2, -0.15) is 0 Å². The van der Waals surface area contributed by atoms with Crippen molar-refractivity contribution in [2.45, 2.75) is 57.8 Å². The molecule has 0 saturated heterocycles. The number of nitrogens with zero attached hydrogens (tertiary/aromatic N) is 1. The number of carbonyl (C=O) groups is 1. The number of rotatable bonds is 14. The van der Waals surface area contributed by atoms with Crippen LogP contribution in [0.5, 0.6) is 5.75 Å². The first-order chi connectivity index (χ1) is 18.6. The van der Waals surface area contributed by atoms with Crippen molar-refractivity contribution in [1.29, 1.82) is 0 Å². The maximum atomic E-state index is 13.2. The van der Waals surface area contributed by atoms with E-state index in [4.69, 9.17) is 4.74 Å². The van der Waals surface area contributed by atoms with Crippen molar-refractivity contribution < 1.29 is 14.6 Å². The zero-order valence-corrected chi connectivity index (χ0v) is 22.4. The molecule has 6 heteroatoms. The smallest absolute Gasteiger partial charge is 0.224 e. The lowest BCUT2D eigenvalue weighted by Crippen LogP contribution is -2.49. The fourth-order valence-electron chi connectivity index (χ4n) is 4.75. The first-order valence-corrected chi connectivity index (χ1v) is 13.5. The van der Waals surface area contributed by atoms with E-state index in [2.05, 4.69) is 46.5 Å². The lowest BCUT2D eigenvalue weighted by Gasteiger charge is -2.25. The van der Waals surface area contributed by atoms with Crippen molar-refractivity contribution in [1.82, 2.24) is 15.2 Å². The number of methoxy groups -OCH3 is 1. The molecule has 38 heavy (non-hydrogen) atoms. The van der Waals surface area contributed by atoms with Crippen molar-refractivity contribution >= 4 is 16.8 Å². The summed E-state index contributed by atoms with van der Waals surface area (Å²) in [6, 6.07) is 25.7. The molecule has 0 saturated carbocycles. The molecule has 1 amide bonds. The normalized spacial score (nSPS) is 12.8. The van der Waals surface area contributed by atoms with Crippen LogP contribution in [0.1, 0.15) is 36.5 Å². The zero-order valence-electron chi connectivity index (χ0n) is 22.4. The number of fused-ring (bicyclic) bond motifs is 1. The monoisotopic (exact) mass is 513 g/mol. The molecular weight excluding hydrogens is 474 g/mol. The van der Waals surface area contributed by atoms with E-state index in [-0.39, 0.29) is 12.3 Å². The number of hydrogen-bond donors (Lipinski definition) is 3. The molecule has 0 radical (unpaired) electrons. The molecule has 1 heterocycles. The molecular formula is C32H39N3O3. The summed E-state index contributed by atoms with van der Waals surface area (Å²) in [6.07, 6.45) is 4.45. The fourth-order valence-corrected chi connectivity index (χ4v) is 4.75. The summed E-state index contributed by atoms with van der Waals surface area (Å²) in [5.41, 5.74) is 4.26. The number of aliphatic hydroxyl groups is 1. The van der Waals surface area contributed by atoms with Gasteiger partial charge >= 0.3 is 0 Å². The van der Waals surface area contributed by atoms with Crippen LogP contribution in [0.4, 0.5) is 0 Å². The van der Waals surface area contributed by atoms with Crippen LogP contribution in [0.2, 0.25) is 0 Å². The average molecular weight is 514 g/mol. The van der Waals surface area contributed by atoms with Crippen molar-refractivity contribution in [3.05, 3.63) is 102 Å². The molecule has 4 rings (SSSR count). The summed E-state index contributed by atoms with van der Waals surface area (Å²) in [6.45, 7) is 4.11. The largest absolute Gasteiger partial charge is 0.497 e. The second kappa shape index (κ2) is 13.8. The minimum atomic E-state index is -0.751. The number of benzene rings is 3. The summed E-state index contributed by atoms with van der Waals surface area (Å²) < 4.78 is 7.56. The van der Waals surface area contributed by atoms with Gasteiger partial charge in [-0.25, -0.2) is 0 Å². The van der Waals surface area contributed by atoms with E-state index < -0.39 is 12.1 Å². The van der Waals surface area contributed by atoms with Gasteiger partial charge in [0.1, 0.15) is 5.75 Å². The molecule has 200 valence electrons. The van der Waals surface area contributed by atoms with Crippen molar-refractivity contribution in [3.8, 4) is 5.75 Å². The Hall–Kier alpha value is -3.61. The maximum Gasteiger partial charge on any atom is 0.224 e. The van der Waals surface area contributed by atoms with E-state index in [1.165, 1.54) is 5.39 Å². The van der Waals surface area contributed by atoms with Crippen molar-refractivity contribution in [2.75, 3.05) is 13.7 Å². The van der Waals surface area contributed by atoms with Gasteiger partial charge in [-0.3, -0.25) is 4.79 Å². The lowest BCUT2D eigenvalue weighted by molar-refractivity contribution is -0.122. The van der Waals surface area contributed by atoms with Crippen molar-refractivity contribution in [2.24, 2.45) is 0 Å². The highest BCUT2D eigenvalue weighted by atomic mass is 16.5. The molecule has 0 aliphatic heterocycles. The second-order valence-electron chi connectivity index (χ2n) is 9.85. The Balaban J connectivity index is 1.40. The van der Waals surface area contributed by atoms with Gasteiger partial charge in [0.2, 0.25) is 5.91 Å². The SMILES string of the molecule is CCCCn1ccc2ccc(CC(=O)N[C@@H](Cc3ccccc3)[C@H](O)CNCc3cccc(OC)c3)cc21. The van der Waals surface area contributed by atoms with Gasteiger partial charge in [-0.1, -0.05) is 67.9 Å². The van der Waals surface area contributed by atoms with Crippen LogP contribution in [0.3, 0.4) is 0 Å². The molecule has 0 spiro atoms. The predicted octanol–water partition coefficient (Wildman–Crippen LogP) is 4.87. The number of nitrogens with one attached hydrogen (secondary N) is 2. The van der Waals surface area contributed by atoms with Crippen molar-refractivity contribution in [3.63, 3.8) is 0 Å². The third-order valence-electron chi connectivity index (χ3n) is 6.88. The van der Waals surface area contributed by atoms with E-state index >= 15 is 0 Å². The number of aliphatic hydroxyl groups excluding tert-OH is 1. The number of hydrogen-bond acceptors (Lipinski definition) is 4. The molecule has 3 aromatic carbocycles. The molecule has 0 aliphatic rings. The Morgan fingerprint density at radius 3 is 2.58 bits per heavy atom. The quantitative estimate of drug-likeness (QED) is 0.225. The maximum absolute atomic E-state index is 13.2. The third-order valence-corrected chi connectivity index (χ3v) is 6.88. The number of aryl methyl sites for hydroxylation is 1. The number of amides is 1. The Kier molecular flexibility index (Phi) is 9.96. The Bertz CT molecular complexity index is 1300. The highest BCUT2D eigenvalue weighted by molar-refractivity contribution is 5.84. The Morgan fingerprint density at radius 2 is 1.79 bits per heavy atom. The van der Waals surface area contributed by atoms with Gasteiger partial charge in [0.15, 0.2) is 0 Å². The molecule has 0 unspecified atom stereocenters. The molecule has 0 bridgehead atoms. The Morgan fingerprint density at radius 1 is 0.974 bits per heavy atom. The molecule has 2 atom stereocenters. The second-order valence-corrected chi connectivity index (χ2v) is 9.85. The van der Waals surface area contributed by atoms with E-state index in [1.54, 1.807) is 7.11 Å².